The lowest BCUT2D eigenvalue weighted by atomic mass is 9.98. The minimum absolute atomic E-state index is 0.249. The number of para-hydroxylation sites is 1. The van der Waals surface area contributed by atoms with Gasteiger partial charge in [0.25, 0.3) is 0 Å². The number of fused-ring (bicyclic) bond motifs is 1. The molecule has 15 heavy (non-hydrogen) atoms. The number of anilines is 1. The van der Waals surface area contributed by atoms with Crippen molar-refractivity contribution in [2.45, 2.75) is 19.4 Å². The van der Waals surface area contributed by atoms with Gasteiger partial charge in [0.2, 0.25) is 0 Å². The van der Waals surface area contributed by atoms with Crippen LogP contribution >= 0.6 is 0 Å². The summed E-state index contributed by atoms with van der Waals surface area (Å²) in [4.78, 5) is 2.33. The van der Waals surface area contributed by atoms with E-state index in [0.29, 0.717) is 0 Å². The van der Waals surface area contributed by atoms with Gasteiger partial charge in [0.05, 0.1) is 0 Å². The van der Waals surface area contributed by atoms with Crippen molar-refractivity contribution in [2.24, 2.45) is 5.73 Å². The molecule has 0 saturated carbocycles. The molecule has 0 aliphatic carbocycles. The third kappa shape index (κ3) is 2.21. The van der Waals surface area contributed by atoms with Crippen molar-refractivity contribution in [1.82, 2.24) is 0 Å². The summed E-state index contributed by atoms with van der Waals surface area (Å²) in [6.07, 6.45) is 0.989. The van der Waals surface area contributed by atoms with Crippen LogP contribution in [0, 0.1) is 0 Å². The standard InChI is InChI=1S/C13H18N2/c1-10(2)8-15-9-12(14)7-11-5-3-4-6-13(11)15/h3-6,12H,1,7-9,14H2,2H3. The SMILES string of the molecule is C=C(C)CN1CC(N)Cc2ccccc21. The summed E-state index contributed by atoms with van der Waals surface area (Å²) in [5.74, 6) is 0. The Morgan fingerprint density at radius 2 is 2.27 bits per heavy atom. The van der Waals surface area contributed by atoms with Crippen molar-refractivity contribution >= 4 is 5.69 Å². The fourth-order valence-electron chi connectivity index (χ4n) is 2.20. The molecule has 0 amide bonds. The second kappa shape index (κ2) is 4.07. The molecule has 0 saturated heterocycles. The first-order valence-corrected chi connectivity index (χ1v) is 5.39. The molecule has 1 unspecified atom stereocenters. The molecule has 2 rings (SSSR count). The maximum atomic E-state index is 6.04. The molecule has 0 radical (unpaired) electrons. The molecule has 1 aromatic carbocycles. The van der Waals surface area contributed by atoms with Crippen LogP contribution in [0.4, 0.5) is 5.69 Å². The topological polar surface area (TPSA) is 29.3 Å². The average molecular weight is 202 g/mol. The number of hydrogen-bond donors (Lipinski definition) is 1. The van der Waals surface area contributed by atoms with Gasteiger partial charge in [-0.2, -0.15) is 0 Å². The molecule has 2 nitrogen and oxygen atoms in total. The van der Waals surface area contributed by atoms with Crippen LogP contribution in [0.5, 0.6) is 0 Å². The lowest BCUT2D eigenvalue weighted by Crippen LogP contribution is -2.43. The van der Waals surface area contributed by atoms with Gasteiger partial charge >= 0.3 is 0 Å². The van der Waals surface area contributed by atoms with Gasteiger partial charge in [-0.3, -0.25) is 0 Å². The summed E-state index contributed by atoms with van der Waals surface area (Å²) in [5.41, 5.74) is 9.90. The molecule has 2 N–H and O–H groups in total. The summed E-state index contributed by atoms with van der Waals surface area (Å²) >= 11 is 0. The second-order valence-corrected chi connectivity index (χ2v) is 4.43. The quantitative estimate of drug-likeness (QED) is 0.743. The molecule has 0 aromatic heterocycles. The van der Waals surface area contributed by atoms with Crippen LogP contribution in [0.15, 0.2) is 36.4 Å². The molecule has 1 heterocycles. The molecule has 1 aliphatic heterocycles. The molecular weight excluding hydrogens is 184 g/mol. The van der Waals surface area contributed by atoms with E-state index in [1.165, 1.54) is 16.8 Å². The second-order valence-electron chi connectivity index (χ2n) is 4.43. The Kier molecular flexibility index (Phi) is 2.78. The lowest BCUT2D eigenvalue weighted by molar-refractivity contribution is 0.612. The van der Waals surface area contributed by atoms with Crippen LogP contribution in [0.2, 0.25) is 0 Å². The first-order chi connectivity index (χ1) is 7.16. The fraction of sp³-hybridized carbons (Fsp3) is 0.385. The van der Waals surface area contributed by atoms with Gasteiger partial charge in [-0.25, -0.2) is 0 Å². The van der Waals surface area contributed by atoms with Gasteiger partial charge in [-0.1, -0.05) is 30.4 Å². The van der Waals surface area contributed by atoms with E-state index in [4.69, 9.17) is 5.73 Å². The molecule has 80 valence electrons. The van der Waals surface area contributed by atoms with Crippen LogP contribution in [-0.4, -0.2) is 19.1 Å². The van der Waals surface area contributed by atoms with E-state index in [1.807, 2.05) is 0 Å². The minimum Gasteiger partial charge on any atom is -0.366 e. The summed E-state index contributed by atoms with van der Waals surface area (Å²) in [6.45, 7) is 7.86. The third-order valence-corrected chi connectivity index (χ3v) is 2.73. The van der Waals surface area contributed by atoms with Crippen LogP contribution in [0.25, 0.3) is 0 Å². The van der Waals surface area contributed by atoms with Crippen LogP contribution in [0.3, 0.4) is 0 Å². The normalized spacial score (nSPS) is 19.9. The van der Waals surface area contributed by atoms with E-state index in [1.54, 1.807) is 0 Å². The molecular formula is C13H18N2. The molecule has 1 aromatic rings. The average Bonchev–Trinajstić information content (AvgIpc) is 2.16. The van der Waals surface area contributed by atoms with Crippen LogP contribution in [-0.2, 0) is 6.42 Å². The largest absolute Gasteiger partial charge is 0.366 e. The highest BCUT2D eigenvalue weighted by Crippen LogP contribution is 2.26. The number of benzene rings is 1. The Hall–Kier alpha value is -1.28. The van der Waals surface area contributed by atoms with E-state index < -0.39 is 0 Å². The van der Waals surface area contributed by atoms with Crippen LogP contribution < -0.4 is 10.6 Å². The number of rotatable bonds is 2. The summed E-state index contributed by atoms with van der Waals surface area (Å²) < 4.78 is 0. The first kappa shape index (κ1) is 10.2. The summed E-state index contributed by atoms with van der Waals surface area (Å²) in [5, 5.41) is 0. The van der Waals surface area contributed by atoms with E-state index in [-0.39, 0.29) is 6.04 Å². The highest BCUT2D eigenvalue weighted by atomic mass is 15.2. The number of hydrogen-bond acceptors (Lipinski definition) is 2. The lowest BCUT2D eigenvalue weighted by Gasteiger charge is -2.34. The summed E-state index contributed by atoms with van der Waals surface area (Å²) in [7, 11) is 0. The zero-order valence-electron chi connectivity index (χ0n) is 9.24. The van der Waals surface area contributed by atoms with Crippen LogP contribution in [0.1, 0.15) is 12.5 Å². The molecule has 1 aliphatic rings. The van der Waals surface area contributed by atoms with Gasteiger partial charge in [0.1, 0.15) is 0 Å². The highest BCUT2D eigenvalue weighted by molar-refractivity contribution is 5.56. The molecule has 0 spiro atoms. The Morgan fingerprint density at radius 1 is 1.53 bits per heavy atom. The van der Waals surface area contributed by atoms with E-state index in [2.05, 4.69) is 42.7 Å². The number of nitrogens with zero attached hydrogens (tertiary/aromatic N) is 1. The highest BCUT2D eigenvalue weighted by Gasteiger charge is 2.20. The Labute approximate surface area is 91.4 Å². The summed E-state index contributed by atoms with van der Waals surface area (Å²) in [6, 6.07) is 8.75. The Bertz CT molecular complexity index is 371. The molecule has 0 fully saturated rings. The van der Waals surface area contributed by atoms with Crippen molar-refractivity contribution in [1.29, 1.82) is 0 Å². The minimum atomic E-state index is 0.249. The van der Waals surface area contributed by atoms with Gasteiger partial charge in [0.15, 0.2) is 0 Å². The Balaban J connectivity index is 2.29. The van der Waals surface area contributed by atoms with Crippen molar-refractivity contribution < 1.29 is 0 Å². The Morgan fingerprint density at radius 3 is 3.00 bits per heavy atom. The van der Waals surface area contributed by atoms with Crippen molar-refractivity contribution in [3.63, 3.8) is 0 Å². The van der Waals surface area contributed by atoms with Crippen molar-refractivity contribution in [3.05, 3.63) is 42.0 Å². The van der Waals surface area contributed by atoms with Gasteiger partial charge in [-0.05, 0) is 25.0 Å². The molecule has 0 bridgehead atoms. The smallest absolute Gasteiger partial charge is 0.0402 e. The monoisotopic (exact) mass is 202 g/mol. The third-order valence-electron chi connectivity index (χ3n) is 2.73. The van der Waals surface area contributed by atoms with Gasteiger partial charge in [0, 0.05) is 24.8 Å². The molecule has 2 heteroatoms. The zero-order chi connectivity index (χ0) is 10.8. The molecule has 1 atom stereocenters. The van der Waals surface area contributed by atoms with E-state index in [9.17, 15) is 0 Å². The van der Waals surface area contributed by atoms with Gasteiger partial charge in [-0.15, -0.1) is 0 Å². The predicted octanol–water partition coefficient (Wildman–Crippen LogP) is 1.95. The van der Waals surface area contributed by atoms with Crippen molar-refractivity contribution in [3.8, 4) is 0 Å². The predicted molar refractivity (Wildman–Crippen MR) is 65.1 cm³/mol. The van der Waals surface area contributed by atoms with E-state index in [0.717, 1.165) is 19.5 Å². The maximum Gasteiger partial charge on any atom is 0.0402 e. The number of nitrogens with two attached hydrogens (primary N) is 1. The maximum absolute atomic E-state index is 6.04. The zero-order valence-corrected chi connectivity index (χ0v) is 9.24. The van der Waals surface area contributed by atoms with E-state index >= 15 is 0 Å². The first-order valence-electron chi connectivity index (χ1n) is 5.39. The fourth-order valence-corrected chi connectivity index (χ4v) is 2.20. The van der Waals surface area contributed by atoms with Gasteiger partial charge < -0.3 is 10.6 Å². The van der Waals surface area contributed by atoms with Crippen molar-refractivity contribution in [2.75, 3.05) is 18.0 Å².